The molecule has 1 aromatic heterocycles. The maximum Gasteiger partial charge on any atom is 0.266 e. The van der Waals surface area contributed by atoms with Crippen molar-refractivity contribution in [2.24, 2.45) is 0 Å². The first-order chi connectivity index (χ1) is 14.1. The van der Waals surface area contributed by atoms with E-state index < -0.39 is 0 Å². The van der Waals surface area contributed by atoms with E-state index in [1.54, 1.807) is 31.4 Å². The van der Waals surface area contributed by atoms with Crippen molar-refractivity contribution in [3.8, 4) is 17.2 Å². The highest BCUT2D eigenvalue weighted by Crippen LogP contribution is 2.28. The van der Waals surface area contributed by atoms with E-state index in [0.29, 0.717) is 29.6 Å². The van der Waals surface area contributed by atoms with Crippen LogP contribution < -0.4 is 19.1 Å². The molecule has 0 atom stereocenters. The summed E-state index contributed by atoms with van der Waals surface area (Å²) in [4.78, 5) is 18.9. The third-order valence-electron chi connectivity index (χ3n) is 4.40. The molecule has 0 N–H and O–H groups in total. The molecule has 150 valence electrons. The quantitative estimate of drug-likeness (QED) is 0.579. The molecule has 0 aliphatic rings. The van der Waals surface area contributed by atoms with Crippen molar-refractivity contribution in [2.75, 3.05) is 25.7 Å². The van der Waals surface area contributed by atoms with Crippen molar-refractivity contribution in [1.29, 1.82) is 0 Å². The first-order valence-electron chi connectivity index (χ1n) is 9.22. The normalized spacial score (nSPS) is 10.3. The predicted molar refractivity (Wildman–Crippen MR) is 112 cm³/mol. The summed E-state index contributed by atoms with van der Waals surface area (Å²) >= 11 is 0. The van der Waals surface area contributed by atoms with Gasteiger partial charge in [-0.3, -0.25) is 9.69 Å². The van der Waals surface area contributed by atoms with Crippen LogP contribution in [0.3, 0.4) is 0 Å². The van der Waals surface area contributed by atoms with Crippen LogP contribution >= 0.6 is 0 Å². The molecule has 3 rings (SSSR count). The number of rotatable bonds is 8. The van der Waals surface area contributed by atoms with Crippen LogP contribution in [0.4, 0.5) is 5.82 Å². The number of amides is 1. The fourth-order valence-corrected chi connectivity index (χ4v) is 2.83. The minimum atomic E-state index is -0.195. The van der Waals surface area contributed by atoms with E-state index in [-0.39, 0.29) is 12.5 Å². The highest BCUT2D eigenvalue weighted by atomic mass is 16.5. The van der Waals surface area contributed by atoms with Gasteiger partial charge >= 0.3 is 0 Å². The number of hydrogen-bond donors (Lipinski definition) is 0. The first-order valence-corrected chi connectivity index (χ1v) is 9.22. The van der Waals surface area contributed by atoms with E-state index in [1.807, 2.05) is 61.5 Å². The topological polar surface area (TPSA) is 60.9 Å². The molecule has 1 amide bonds. The monoisotopic (exact) mass is 392 g/mol. The lowest BCUT2D eigenvalue weighted by molar-refractivity contribution is -0.120. The Morgan fingerprint density at radius 3 is 2.38 bits per heavy atom. The Morgan fingerprint density at radius 2 is 1.72 bits per heavy atom. The van der Waals surface area contributed by atoms with Crippen LogP contribution in [0.5, 0.6) is 17.2 Å². The van der Waals surface area contributed by atoms with E-state index in [9.17, 15) is 4.79 Å². The molecule has 0 saturated heterocycles. The zero-order valence-corrected chi connectivity index (χ0v) is 16.8. The lowest BCUT2D eigenvalue weighted by Crippen LogP contribution is -2.35. The van der Waals surface area contributed by atoms with Gasteiger partial charge in [0.25, 0.3) is 5.91 Å². The Hall–Kier alpha value is -3.54. The van der Waals surface area contributed by atoms with E-state index in [1.165, 1.54) is 0 Å². The summed E-state index contributed by atoms with van der Waals surface area (Å²) in [6.45, 7) is 2.24. The van der Waals surface area contributed by atoms with Crippen molar-refractivity contribution in [1.82, 2.24) is 4.98 Å². The predicted octanol–water partition coefficient (Wildman–Crippen LogP) is 4.02. The first kappa shape index (κ1) is 20.2. The number of carbonyl (C=O) groups is 1. The number of benzene rings is 2. The molecule has 2 aromatic carbocycles. The minimum Gasteiger partial charge on any atom is -0.493 e. The summed E-state index contributed by atoms with van der Waals surface area (Å²) in [6, 6.07) is 18.6. The molecule has 0 aliphatic heterocycles. The highest BCUT2D eigenvalue weighted by Gasteiger charge is 2.19. The Balaban J connectivity index is 1.79. The Kier molecular flexibility index (Phi) is 6.68. The zero-order chi connectivity index (χ0) is 20.6. The summed E-state index contributed by atoms with van der Waals surface area (Å²) in [5.74, 6) is 2.25. The maximum absolute atomic E-state index is 13.0. The molecule has 0 fully saturated rings. The number of pyridine rings is 1. The molecule has 6 nitrogen and oxygen atoms in total. The molecular formula is C23H24N2O4. The number of carbonyl (C=O) groups excluding carboxylic acids is 1. The molecule has 3 aromatic rings. The lowest BCUT2D eigenvalue weighted by Gasteiger charge is -2.22. The standard InChI is InChI=1S/C23H24N2O4/c1-17-7-10-19(11-8-17)29-16-23(26)25(22-6-4-5-13-24-22)15-18-9-12-20(27-2)21(14-18)28-3/h4-14H,15-16H2,1-3H3. The number of ether oxygens (including phenoxy) is 3. The number of aromatic nitrogens is 1. The molecule has 1 heterocycles. The second-order valence-corrected chi connectivity index (χ2v) is 6.46. The minimum absolute atomic E-state index is 0.0904. The fourth-order valence-electron chi connectivity index (χ4n) is 2.83. The summed E-state index contributed by atoms with van der Waals surface area (Å²) in [7, 11) is 3.17. The SMILES string of the molecule is COc1ccc(CN(C(=O)COc2ccc(C)cc2)c2ccccn2)cc1OC. The summed E-state index contributed by atoms with van der Waals surface area (Å²) in [6.07, 6.45) is 1.66. The van der Waals surface area contributed by atoms with Gasteiger partial charge in [0.2, 0.25) is 0 Å². The molecule has 0 radical (unpaired) electrons. The fraction of sp³-hybridized carbons (Fsp3) is 0.217. The number of hydrogen-bond acceptors (Lipinski definition) is 5. The second kappa shape index (κ2) is 9.59. The smallest absolute Gasteiger partial charge is 0.266 e. The summed E-state index contributed by atoms with van der Waals surface area (Å²) in [5.41, 5.74) is 2.02. The number of methoxy groups -OCH3 is 2. The van der Waals surface area contributed by atoms with Crippen molar-refractivity contribution in [3.05, 3.63) is 78.0 Å². The van der Waals surface area contributed by atoms with Crippen LogP contribution in [-0.4, -0.2) is 31.7 Å². The van der Waals surface area contributed by atoms with Crippen LogP contribution in [-0.2, 0) is 11.3 Å². The van der Waals surface area contributed by atoms with Gasteiger partial charge in [-0.1, -0.05) is 29.8 Å². The van der Waals surface area contributed by atoms with Crippen LogP contribution in [0, 0.1) is 6.92 Å². The third kappa shape index (κ3) is 5.25. The average Bonchev–Trinajstić information content (AvgIpc) is 2.77. The van der Waals surface area contributed by atoms with Crippen molar-refractivity contribution in [2.45, 2.75) is 13.5 Å². The van der Waals surface area contributed by atoms with Crippen molar-refractivity contribution >= 4 is 11.7 Å². The largest absolute Gasteiger partial charge is 0.493 e. The van der Waals surface area contributed by atoms with Gasteiger partial charge in [-0.25, -0.2) is 4.98 Å². The summed E-state index contributed by atoms with van der Waals surface area (Å²) < 4.78 is 16.3. The third-order valence-corrected chi connectivity index (χ3v) is 4.40. The van der Waals surface area contributed by atoms with Crippen LogP contribution in [0.1, 0.15) is 11.1 Å². The molecule has 0 saturated carbocycles. The van der Waals surface area contributed by atoms with Gasteiger partial charge < -0.3 is 14.2 Å². The number of anilines is 1. The average molecular weight is 392 g/mol. The van der Waals surface area contributed by atoms with E-state index in [4.69, 9.17) is 14.2 Å². The molecule has 0 aliphatic carbocycles. The highest BCUT2D eigenvalue weighted by molar-refractivity contribution is 5.93. The van der Waals surface area contributed by atoms with Gasteiger partial charge in [0.15, 0.2) is 18.1 Å². The summed E-state index contributed by atoms with van der Waals surface area (Å²) in [5, 5.41) is 0. The van der Waals surface area contributed by atoms with E-state index >= 15 is 0 Å². The Bertz CT molecular complexity index is 943. The van der Waals surface area contributed by atoms with Crippen LogP contribution in [0.15, 0.2) is 66.9 Å². The Labute approximate surface area is 170 Å². The molecule has 0 unspecified atom stereocenters. The van der Waals surface area contributed by atoms with E-state index in [2.05, 4.69) is 4.98 Å². The molecule has 6 heteroatoms. The number of nitrogens with zero attached hydrogens (tertiary/aromatic N) is 2. The van der Waals surface area contributed by atoms with Crippen molar-refractivity contribution in [3.63, 3.8) is 0 Å². The second-order valence-electron chi connectivity index (χ2n) is 6.46. The molecule has 0 bridgehead atoms. The number of aryl methyl sites for hydroxylation is 1. The Morgan fingerprint density at radius 1 is 0.966 bits per heavy atom. The van der Waals surface area contributed by atoms with Gasteiger partial charge in [0.1, 0.15) is 11.6 Å². The maximum atomic E-state index is 13.0. The molecule has 29 heavy (non-hydrogen) atoms. The van der Waals surface area contributed by atoms with Crippen LogP contribution in [0.2, 0.25) is 0 Å². The van der Waals surface area contributed by atoms with Gasteiger partial charge in [-0.15, -0.1) is 0 Å². The van der Waals surface area contributed by atoms with Gasteiger partial charge in [-0.05, 0) is 48.9 Å². The molecule has 0 spiro atoms. The van der Waals surface area contributed by atoms with Gasteiger partial charge in [0.05, 0.1) is 20.8 Å². The van der Waals surface area contributed by atoms with Crippen molar-refractivity contribution < 1.29 is 19.0 Å². The zero-order valence-electron chi connectivity index (χ0n) is 16.8. The molecular weight excluding hydrogens is 368 g/mol. The van der Waals surface area contributed by atoms with Crippen LogP contribution in [0.25, 0.3) is 0 Å². The lowest BCUT2D eigenvalue weighted by atomic mass is 10.2. The van der Waals surface area contributed by atoms with Gasteiger partial charge in [0, 0.05) is 6.20 Å². The van der Waals surface area contributed by atoms with Gasteiger partial charge in [-0.2, -0.15) is 0 Å². The van der Waals surface area contributed by atoms with E-state index in [0.717, 1.165) is 11.1 Å².